The van der Waals surface area contributed by atoms with Crippen LogP contribution in [0, 0.1) is 0 Å². The molecule has 3 rings (SSSR count). The minimum atomic E-state index is 0.212. The first-order valence-corrected chi connectivity index (χ1v) is 6.19. The maximum atomic E-state index is 5.90. The Morgan fingerprint density at radius 3 is 2.84 bits per heavy atom. The molecule has 1 aromatic carbocycles. The molecule has 0 saturated carbocycles. The number of aromatic nitrogens is 3. The van der Waals surface area contributed by atoms with Gasteiger partial charge in [-0.3, -0.25) is 0 Å². The molecule has 0 N–H and O–H groups in total. The Hall–Kier alpha value is -2.07. The van der Waals surface area contributed by atoms with Crippen LogP contribution in [0.5, 0.6) is 5.75 Å². The van der Waals surface area contributed by atoms with Gasteiger partial charge in [0.25, 0.3) is 0 Å². The van der Waals surface area contributed by atoms with Crippen LogP contribution in [-0.4, -0.2) is 21.6 Å². The van der Waals surface area contributed by atoms with Crippen molar-refractivity contribution in [1.82, 2.24) is 14.5 Å². The summed E-state index contributed by atoms with van der Waals surface area (Å²) in [5.41, 5.74) is 2.83. The summed E-state index contributed by atoms with van der Waals surface area (Å²) in [5, 5.41) is 1.32. The molecule has 4 nitrogen and oxygen atoms in total. The number of aryl methyl sites for hydroxylation is 1. The third kappa shape index (κ3) is 1.94. The largest absolute Gasteiger partial charge is 0.493 e. The molecule has 0 aliphatic carbocycles. The van der Waals surface area contributed by atoms with E-state index >= 15 is 0 Å². The molecule has 2 heterocycles. The Labute approximate surface area is 115 Å². The molecule has 0 saturated heterocycles. The van der Waals surface area contributed by atoms with Crippen molar-refractivity contribution >= 4 is 22.5 Å². The van der Waals surface area contributed by atoms with Crippen LogP contribution in [0.25, 0.3) is 22.2 Å². The van der Waals surface area contributed by atoms with E-state index in [1.807, 2.05) is 25.4 Å². The quantitative estimate of drug-likeness (QED) is 0.673. The fourth-order valence-corrected chi connectivity index (χ4v) is 2.36. The van der Waals surface area contributed by atoms with Crippen molar-refractivity contribution in [3.05, 3.63) is 41.9 Å². The van der Waals surface area contributed by atoms with Crippen molar-refractivity contribution in [1.29, 1.82) is 0 Å². The molecule has 3 aromatic rings. The molecule has 0 bridgehead atoms. The van der Waals surface area contributed by atoms with Crippen LogP contribution in [-0.2, 0) is 7.05 Å². The molecule has 0 atom stereocenters. The number of halogens is 1. The predicted octanol–water partition coefficient (Wildman–Crippen LogP) is 3.30. The van der Waals surface area contributed by atoms with E-state index in [1.54, 1.807) is 13.3 Å². The molecule has 0 amide bonds. The van der Waals surface area contributed by atoms with Crippen LogP contribution in [0.15, 0.2) is 36.7 Å². The fraction of sp³-hybridized carbons (Fsp3) is 0.143. The fourth-order valence-electron chi connectivity index (χ4n) is 2.22. The van der Waals surface area contributed by atoms with Crippen LogP contribution in [0.1, 0.15) is 0 Å². The summed E-state index contributed by atoms with van der Waals surface area (Å²) < 4.78 is 7.38. The van der Waals surface area contributed by atoms with Crippen LogP contribution < -0.4 is 4.74 Å². The zero-order chi connectivity index (χ0) is 13.4. The molecule has 0 radical (unpaired) electrons. The van der Waals surface area contributed by atoms with E-state index in [9.17, 15) is 0 Å². The summed E-state index contributed by atoms with van der Waals surface area (Å²) >= 11 is 5.90. The summed E-state index contributed by atoms with van der Waals surface area (Å²) in [6.45, 7) is 0. The van der Waals surface area contributed by atoms with Gasteiger partial charge in [-0.1, -0.05) is 18.2 Å². The lowest BCUT2D eigenvalue weighted by Crippen LogP contribution is -1.93. The standard InChI is InChI=1S/C14H12ClN3O/c1-18-8-10(9-5-3-4-6-11(9)18)13-12(19-2)7-16-14(15)17-13/h3-8H,1-2H3. The van der Waals surface area contributed by atoms with E-state index in [4.69, 9.17) is 16.3 Å². The molecule has 5 heteroatoms. The maximum absolute atomic E-state index is 5.90. The molecular formula is C14H12ClN3O. The average molecular weight is 274 g/mol. The zero-order valence-corrected chi connectivity index (χ0v) is 11.3. The molecular weight excluding hydrogens is 262 g/mol. The Balaban J connectivity index is 2.33. The molecule has 0 aliphatic rings. The lowest BCUT2D eigenvalue weighted by atomic mass is 10.1. The van der Waals surface area contributed by atoms with Gasteiger partial charge in [0.2, 0.25) is 5.28 Å². The van der Waals surface area contributed by atoms with Gasteiger partial charge in [-0.15, -0.1) is 0 Å². The number of methoxy groups -OCH3 is 1. The van der Waals surface area contributed by atoms with E-state index in [0.29, 0.717) is 11.4 Å². The topological polar surface area (TPSA) is 39.9 Å². The minimum Gasteiger partial charge on any atom is -0.493 e. The number of rotatable bonds is 2. The van der Waals surface area contributed by atoms with Gasteiger partial charge in [-0.25, -0.2) is 9.97 Å². The number of ether oxygens (including phenoxy) is 1. The maximum Gasteiger partial charge on any atom is 0.223 e. The first-order valence-electron chi connectivity index (χ1n) is 5.81. The first kappa shape index (κ1) is 12.0. The highest BCUT2D eigenvalue weighted by Gasteiger charge is 2.15. The van der Waals surface area contributed by atoms with Gasteiger partial charge in [0, 0.05) is 29.7 Å². The highest BCUT2D eigenvalue weighted by molar-refractivity contribution is 6.28. The predicted molar refractivity (Wildman–Crippen MR) is 75.5 cm³/mol. The molecule has 19 heavy (non-hydrogen) atoms. The first-order chi connectivity index (χ1) is 9.20. The highest BCUT2D eigenvalue weighted by Crippen LogP contribution is 2.34. The van der Waals surface area contributed by atoms with Gasteiger partial charge in [0.05, 0.1) is 13.3 Å². The molecule has 0 fully saturated rings. The summed E-state index contributed by atoms with van der Waals surface area (Å²) in [4.78, 5) is 8.24. The van der Waals surface area contributed by atoms with Gasteiger partial charge in [0.1, 0.15) is 5.69 Å². The summed E-state index contributed by atoms with van der Waals surface area (Å²) in [7, 11) is 3.60. The second kappa shape index (κ2) is 4.55. The Bertz CT molecular complexity index is 752. The normalized spacial score (nSPS) is 10.9. The van der Waals surface area contributed by atoms with Gasteiger partial charge in [-0.05, 0) is 17.7 Å². The highest BCUT2D eigenvalue weighted by atomic mass is 35.5. The van der Waals surface area contributed by atoms with Crippen molar-refractivity contribution in [3.8, 4) is 17.0 Å². The summed E-state index contributed by atoms with van der Waals surface area (Å²) in [5.74, 6) is 0.612. The third-order valence-corrected chi connectivity index (χ3v) is 3.28. The lowest BCUT2D eigenvalue weighted by molar-refractivity contribution is 0.412. The zero-order valence-electron chi connectivity index (χ0n) is 10.6. The summed E-state index contributed by atoms with van der Waals surface area (Å²) in [6, 6.07) is 8.13. The number of hydrogen-bond acceptors (Lipinski definition) is 3. The number of fused-ring (bicyclic) bond motifs is 1. The summed E-state index contributed by atoms with van der Waals surface area (Å²) in [6.07, 6.45) is 3.61. The Morgan fingerprint density at radius 1 is 1.26 bits per heavy atom. The second-order valence-electron chi connectivity index (χ2n) is 4.23. The number of para-hydroxylation sites is 1. The Kier molecular flexibility index (Phi) is 2.87. The molecule has 0 spiro atoms. The van der Waals surface area contributed by atoms with Crippen LogP contribution >= 0.6 is 11.6 Å². The van der Waals surface area contributed by atoms with Crippen molar-refractivity contribution < 1.29 is 4.74 Å². The number of hydrogen-bond donors (Lipinski definition) is 0. The Morgan fingerprint density at radius 2 is 2.05 bits per heavy atom. The van der Waals surface area contributed by atoms with Crippen molar-refractivity contribution in [2.24, 2.45) is 7.05 Å². The minimum absolute atomic E-state index is 0.212. The average Bonchev–Trinajstić information content (AvgIpc) is 2.77. The van der Waals surface area contributed by atoms with Gasteiger partial charge >= 0.3 is 0 Å². The van der Waals surface area contributed by atoms with Gasteiger partial charge < -0.3 is 9.30 Å². The SMILES string of the molecule is COc1cnc(Cl)nc1-c1cn(C)c2ccccc12. The van der Waals surface area contributed by atoms with Gasteiger partial charge in [0.15, 0.2) is 5.75 Å². The van der Waals surface area contributed by atoms with Crippen LogP contribution in [0.2, 0.25) is 5.28 Å². The number of benzene rings is 1. The molecule has 0 aliphatic heterocycles. The second-order valence-corrected chi connectivity index (χ2v) is 4.56. The van der Waals surface area contributed by atoms with Crippen molar-refractivity contribution in [3.63, 3.8) is 0 Å². The van der Waals surface area contributed by atoms with E-state index in [2.05, 4.69) is 26.7 Å². The number of nitrogens with zero attached hydrogens (tertiary/aromatic N) is 3. The van der Waals surface area contributed by atoms with Crippen molar-refractivity contribution in [2.45, 2.75) is 0 Å². The third-order valence-electron chi connectivity index (χ3n) is 3.10. The van der Waals surface area contributed by atoms with E-state index in [1.165, 1.54) is 0 Å². The van der Waals surface area contributed by atoms with E-state index in [0.717, 1.165) is 16.5 Å². The van der Waals surface area contributed by atoms with Gasteiger partial charge in [-0.2, -0.15) is 0 Å². The monoisotopic (exact) mass is 273 g/mol. The van der Waals surface area contributed by atoms with Crippen LogP contribution in [0.3, 0.4) is 0 Å². The lowest BCUT2D eigenvalue weighted by Gasteiger charge is -2.06. The molecule has 96 valence electrons. The van der Waals surface area contributed by atoms with E-state index < -0.39 is 0 Å². The van der Waals surface area contributed by atoms with E-state index in [-0.39, 0.29) is 5.28 Å². The molecule has 0 unspecified atom stereocenters. The molecule has 2 aromatic heterocycles. The van der Waals surface area contributed by atoms with Crippen LogP contribution in [0.4, 0.5) is 0 Å². The smallest absolute Gasteiger partial charge is 0.223 e. The van der Waals surface area contributed by atoms with Crippen molar-refractivity contribution in [2.75, 3.05) is 7.11 Å².